The van der Waals surface area contributed by atoms with Crippen LogP contribution in [0.3, 0.4) is 0 Å². The number of nitrogens with one attached hydrogen (secondary N) is 1. The number of aromatic nitrogens is 3. The molecule has 10 heteroatoms. The van der Waals surface area contributed by atoms with Gasteiger partial charge >= 0.3 is 12.3 Å². The lowest BCUT2D eigenvalue weighted by molar-refractivity contribution is -0.758. The van der Waals surface area contributed by atoms with Crippen LogP contribution in [-0.4, -0.2) is 49.2 Å². The Morgan fingerprint density at radius 1 is 1.56 bits per heavy atom. The van der Waals surface area contributed by atoms with E-state index in [0.717, 1.165) is 0 Å². The van der Waals surface area contributed by atoms with Crippen molar-refractivity contribution in [2.75, 3.05) is 0 Å². The molecule has 3 N–H and O–H groups in total. The molecule has 4 atom stereocenters. The number of hydrogen-bond donors (Lipinski definition) is 3. The van der Waals surface area contributed by atoms with Crippen LogP contribution in [0, 0.1) is 11.8 Å². The van der Waals surface area contributed by atoms with Crippen molar-refractivity contribution in [1.82, 2.24) is 15.0 Å². The van der Waals surface area contributed by atoms with Gasteiger partial charge in [0.15, 0.2) is 0 Å². The van der Waals surface area contributed by atoms with E-state index in [4.69, 9.17) is 0 Å². The molecule has 1 aromatic rings. The van der Waals surface area contributed by atoms with Gasteiger partial charge in [-0.15, -0.1) is 11.8 Å². The van der Waals surface area contributed by atoms with Gasteiger partial charge < -0.3 is 25.4 Å². The Morgan fingerprint density at radius 3 is 2.84 bits per heavy atom. The summed E-state index contributed by atoms with van der Waals surface area (Å²) in [6.45, 7) is 4.54. The number of fused-ring (bicyclic) bond motifs is 1. The summed E-state index contributed by atoms with van der Waals surface area (Å²) in [5.74, 6) is -4.00. The second kappa shape index (κ2) is 6.68. The van der Waals surface area contributed by atoms with Gasteiger partial charge in [-0.05, 0) is 11.9 Å². The van der Waals surface area contributed by atoms with Gasteiger partial charge in [0.1, 0.15) is 12.5 Å². The highest BCUT2D eigenvalue weighted by atomic mass is 32.2. The number of carboxylic acids is 2. The van der Waals surface area contributed by atoms with Crippen molar-refractivity contribution in [2.24, 2.45) is 11.8 Å². The lowest BCUT2D eigenvalue weighted by Gasteiger charge is -2.27. The summed E-state index contributed by atoms with van der Waals surface area (Å²) in [5, 5.41) is 33.6. The first-order valence-corrected chi connectivity index (χ1v) is 8.87. The summed E-state index contributed by atoms with van der Waals surface area (Å²) in [6.07, 6.45) is 2.31. The van der Waals surface area contributed by atoms with Crippen molar-refractivity contribution in [3.05, 3.63) is 23.3 Å². The molecule has 0 amide bonds. The van der Waals surface area contributed by atoms with Crippen molar-refractivity contribution in [3.8, 4) is 0 Å². The van der Waals surface area contributed by atoms with Crippen LogP contribution in [0.25, 0.3) is 0 Å². The van der Waals surface area contributed by atoms with Gasteiger partial charge in [0.25, 0.3) is 0 Å². The molecule has 0 spiro atoms. The van der Waals surface area contributed by atoms with Crippen LogP contribution in [0.2, 0.25) is 0 Å². The average molecular weight is 368 g/mol. The normalized spacial score (nSPS) is 27.7. The number of carbonyl (C=O) groups excluding carboxylic acids is 1. The Hall–Kier alpha value is -2.07. The zero-order chi connectivity index (χ0) is 18.3. The van der Waals surface area contributed by atoms with Gasteiger partial charge in [-0.25, -0.2) is 0 Å². The van der Waals surface area contributed by atoms with E-state index in [0.29, 0.717) is 18.0 Å². The third kappa shape index (κ3) is 3.23. The zero-order valence-electron chi connectivity index (χ0n) is 13.8. The predicted octanol–water partition coefficient (Wildman–Crippen LogP) is -2.06. The average Bonchev–Trinajstić information content (AvgIpc) is 3.15. The van der Waals surface area contributed by atoms with E-state index in [-0.39, 0.29) is 16.9 Å². The quantitative estimate of drug-likeness (QED) is 0.488. The van der Waals surface area contributed by atoms with Crippen LogP contribution >= 0.6 is 11.8 Å². The van der Waals surface area contributed by atoms with Crippen molar-refractivity contribution >= 4 is 23.7 Å². The molecule has 25 heavy (non-hydrogen) atoms. The highest BCUT2D eigenvalue weighted by Crippen LogP contribution is 2.40. The molecule has 0 radical (unpaired) electrons. The van der Waals surface area contributed by atoms with Gasteiger partial charge in [-0.2, -0.15) is 9.36 Å². The van der Waals surface area contributed by atoms with Crippen LogP contribution in [-0.2, 0) is 22.7 Å². The lowest BCUT2D eigenvalue weighted by Crippen LogP contribution is -2.46. The van der Waals surface area contributed by atoms with Crippen LogP contribution < -0.4 is 15.1 Å². The Balaban J connectivity index is 1.80. The number of aliphatic hydroxyl groups excluding tert-OH is 1. The van der Waals surface area contributed by atoms with E-state index in [9.17, 15) is 24.9 Å². The van der Waals surface area contributed by atoms with E-state index < -0.39 is 30.0 Å². The molecule has 3 heterocycles. The maximum atomic E-state index is 11.5. The third-order valence-corrected chi connectivity index (χ3v) is 6.17. The molecular formula is C15H20N4O5S. The van der Waals surface area contributed by atoms with Crippen LogP contribution in [0.4, 0.5) is 0 Å². The Morgan fingerprint density at radius 2 is 2.28 bits per heavy atom. The summed E-state index contributed by atoms with van der Waals surface area (Å²) >= 11 is 1.42. The SMILES string of the molecule is C[C@@H](O)C(C(=O)O)C1NC(C(=O)[O-])=C(SC2Cn3cnc[n+]3C2)[C@@H]1C. The molecule has 0 bridgehead atoms. The molecule has 0 saturated heterocycles. The number of hydrogen-bond acceptors (Lipinski definition) is 7. The first-order chi connectivity index (χ1) is 11.8. The Bertz CT molecular complexity index is 711. The lowest BCUT2D eigenvalue weighted by atomic mass is 9.87. The van der Waals surface area contributed by atoms with Crippen LogP contribution in [0.15, 0.2) is 23.3 Å². The van der Waals surface area contributed by atoms with E-state index in [2.05, 4.69) is 10.3 Å². The highest BCUT2D eigenvalue weighted by Gasteiger charge is 2.43. The molecule has 0 aliphatic carbocycles. The molecule has 2 aliphatic heterocycles. The fraction of sp³-hybridized carbons (Fsp3) is 0.600. The molecule has 0 saturated carbocycles. The molecule has 9 nitrogen and oxygen atoms in total. The molecule has 2 aliphatic rings. The summed E-state index contributed by atoms with van der Waals surface area (Å²) in [4.78, 5) is 27.7. The summed E-state index contributed by atoms with van der Waals surface area (Å²) in [7, 11) is 0. The zero-order valence-corrected chi connectivity index (χ0v) is 14.6. The smallest absolute Gasteiger partial charge is 0.311 e. The highest BCUT2D eigenvalue weighted by molar-refractivity contribution is 8.03. The van der Waals surface area contributed by atoms with E-state index in [1.165, 1.54) is 18.7 Å². The van der Waals surface area contributed by atoms with Crippen molar-refractivity contribution in [2.45, 2.75) is 44.3 Å². The first kappa shape index (κ1) is 17.7. The molecular weight excluding hydrogens is 348 g/mol. The first-order valence-electron chi connectivity index (χ1n) is 7.99. The predicted molar refractivity (Wildman–Crippen MR) is 84.7 cm³/mol. The summed E-state index contributed by atoms with van der Waals surface area (Å²) in [5.41, 5.74) is -0.0749. The van der Waals surface area contributed by atoms with Crippen molar-refractivity contribution in [3.63, 3.8) is 0 Å². The molecule has 2 unspecified atom stereocenters. The minimum atomic E-state index is -1.36. The van der Waals surface area contributed by atoms with Crippen molar-refractivity contribution in [1.29, 1.82) is 0 Å². The molecule has 0 fully saturated rings. The third-order valence-electron chi connectivity index (χ3n) is 4.71. The molecule has 136 valence electrons. The summed E-state index contributed by atoms with van der Waals surface area (Å²) in [6, 6.07) is -0.706. The molecule has 3 rings (SSSR count). The minimum Gasteiger partial charge on any atom is -0.543 e. The number of aliphatic carboxylic acids is 2. The summed E-state index contributed by atoms with van der Waals surface area (Å²) < 4.78 is 3.88. The van der Waals surface area contributed by atoms with E-state index in [1.807, 2.05) is 9.36 Å². The fourth-order valence-electron chi connectivity index (χ4n) is 3.49. The standard InChI is InChI=1S/C15H20N4O5S/c1-7-11(10(8(2)20)14(21)22)17-12(15(23)24)13(7)25-9-3-18-5-16-6-19(18)4-9/h5-11,17,20H,3-4H2,1-2H3,(H-,21,22,23,24)/t7-,8-,10?,11?/m1/s1. The maximum absolute atomic E-state index is 11.5. The van der Waals surface area contributed by atoms with Gasteiger partial charge in [0.05, 0.1) is 29.6 Å². The molecule has 1 aromatic heterocycles. The van der Waals surface area contributed by atoms with Crippen molar-refractivity contribution < 1.29 is 29.6 Å². The number of thioether (sulfide) groups is 1. The Kier molecular flexibility index (Phi) is 4.74. The topological polar surface area (TPSA) is 131 Å². The largest absolute Gasteiger partial charge is 0.543 e. The Labute approximate surface area is 148 Å². The number of carboxylic acid groups (broad SMARTS) is 2. The molecule has 0 aromatic carbocycles. The van der Waals surface area contributed by atoms with Gasteiger partial charge in [-0.3, -0.25) is 4.79 Å². The maximum Gasteiger partial charge on any atom is 0.311 e. The fourth-order valence-corrected chi connectivity index (χ4v) is 4.92. The van der Waals surface area contributed by atoms with Gasteiger partial charge in [0.2, 0.25) is 6.33 Å². The monoisotopic (exact) mass is 368 g/mol. The second-order valence-corrected chi connectivity index (χ2v) is 7.80. The van der Waals surface area contributed by atoms with Crippen LogP contribution in [0.5, 0.6) is 0 Å². The van der Waals surface area contributed by atoms with Gasteiger partial charge in [-0.1, -0.05) is 6.92 Å². The number of nitrogens with zero attached hydrogens (tertiary/aromatic N) is 3. The van der Waals surface area contributed by atoms with Crippen LogP contribution in [0.1, 0.15) is 13.8 Å². The van der Waals surface area contributed by atoms with E-state index >= 15 is 0 Å². The number of carbonyl (C=O) groups is 2. The van der Waals surface area contributed by atoms with Gasteiger partial charge in [0, 0.05) is 16.9 Å². The van der Waals surface area contributed by atoms with E-state index in [1.54, 1.807) is 19.6 Å². The number of rotatable bonds is 6. The number of aliphatic hydroxyl groups is 1. The second-order valence-electron chi connectivity index (χ2n) is 6.45. The minimum absolute atomic E-state index is 0.0749.